The Morgan fingerprint density at radius 1 is 0.620 bits per heavy atom. The van der Waals surface area contributed by atoms with Gasteiger partial charge in [0.25, 0.3) is 0 Å². The Bertz CT molecular complexity index is 2960. The van der Waals surface area contributed by atoms with Gasteiger partial charge in [0.1, 0.15) is 0 Å². The predicted octanol–water partition coefficient (Wildman–Crippen LogP) is 11.1. The summed E-state index contributed by atoms with van der Waals surface area (Å²) in [6.45, 7) is 0. The average molecular weight is 637 g/mol. The van der Waals surface area contributed by atoms with Crippen LogP contribution in [0, 0.1) is 11.3 Å². The first-order chi connectivity index (χ1) is 24.8. The van der Waals surface area contributed by atoms with Crippen LogP contribution < -0.4 is 0 Å². The van der Waals surface area contributed by atoms with Crippen LogP contribution >= 0.6 is 0 Å². The van der Waals surface area contributed by atoms with E-state index in [9.17, 15) is 5.26 Å². The molecule has 2 aliphatic carbocycles. The second-order valence-electron chi connectivity index (χ2n) is 13.5. The molecule has 2 aliphatic rings. The number of hydrogen-bond donors (Lipinski definition) is 0. The van der Waals surface area contributed by atoms with Crippen molar-refractivity contribution in [2.45, 2.75) is 18.8 Å². The first-order valence-corrected chi connectivity index (χ1v) is 17.2. The van der Waals surface area contributed by atoms with Crippen LogP contribution in [0.1, 0.15) is 34.6 Å². The smallest absolute Gasteiger partial charge is 0.235 e. The molecule has 0 saturated carbocycles. The highest BCUT2D eigenvalue weighted by atomic mass is 15.2. The fraction of sp³-hybridized carbons (Fsp3) is 0.0652. The zero-order chi connectivity index (χ0) is 32.9. The third-order valence-electron chi connectivity index (χ3n) is 11.0. The number of fused-ring (bicyclic) bond motifs is 15. The lowest BCUT2D eigenvalue weighted by Gasteiger charge is -2.26. The highest BCUT2D eigenvalue weighted by molar-refractivity contribution is 6.19. The number of benzene rings is 7. The molecule has 1 atom stereocenters. The van der Waals surface area contributed by atoms with Crippen LogP contribution in [-0.2, 0) is 6.42 Å². The average Bonchev–Trinajstić information content (AvgIpc) is 3.28. The van der Waals surface area contributed by atoms with Gasteiger partial charge in [0.2, 0.25) is 5.95 Å². The van der Waals surface area contributed by atoms with Gasteiger partial charge in [-0.25, -0.2) is 9.97 Å². The SMILES string of the molecule is N#Cc1cccc(-c2nc(-n3c4ccccc4c4cc5c6c(c43)-c3c(ccc4ccccc34)C(CC6)c3ccccc3-5)nc3ccccc23)c1. The molecule has 4 nitrogen and oxygen atoms in total. The van der Waals surface area contributed by atoms with Crippen LogP contribution in [0.5, 0.6) is 0 Å². The van der Waals surface area contributed by atoms with Gasteiger partial charge in [0.15, 0.2) is 0 Å². The van der Waals surface area contributed by atoms with Crippen molar-refractivity contribution in [1.29, 1.82) is 5.26 Å². The topological polar surface area (TPSA) is 54.5 Å². The minimum atomic E-state index is 0.291. The van der Waals surface area contributed by atoms with Crippen LogP contribution in [0.4, 0.5) is 0 Å². The standard InChI is InChI=1S/C46H28N4/c47-26-27-10-9-12-29(24-27)44-37-17-5-7-18-40(37)48-46(49-44)50-41-19-8-6-16-34(41)39-25-38-32-15-4-3-14-31(32)33-22-23-36(38)43(45(39)50)42-30-13-2-1-11-28(30)20-21-35(33)42/h1-21,24-25,33H,22-23H2. The molecule has 232 valence electrons. The molecule has 7 aromatic carbocycles. The maximum atomic E-state index is 9.77. The van der Waals surface area contributed by atoms with E-state index in [0.29, 0.717) is 17.4 Å². The summed E-state index contributed by atoms with van der Waals surface area (Å²) in [5.74, 6) is 0.918. The van der Waals surface area contributed by atoms with Crippen LogP contribution in [0.25, 0.3) is 82.9 Å². The molecule has 0 aliphatic heterocycles. The Balaban J connectivity index is 1.36. The third kappa shape index (κ3) is 3.69. The van der Waals surface area contributed by atoms with Crippen molar-refractivity contribution in [3.63, 3.8) is 0 Å². The fourth-order valence-electron chi connectivity index (χ4n) is 8.94. The summed E-state index contributed by atoms with van der Waals surface area (Å²) in [6.07, 6.45) is 2.04. The largest absolute Gasteiger partial charge is 0.277 e. The van der Waals surface area contributed by atoms with Gasteiger partial charge in [-0.1, -0.05) is 109 Å². The van der Waals surface area contributed by atoms with Crippen molar-refractivity contribution in [3.05, 3.63) is 162 Å². The van der Waals surface area contributed by atoms with Crippen LogP contribution in [0.15, 0.2) is 140 Å². The first-order valence-electron chi connectivity index (χ1n) is 17.2. The van der Waals surface area contributed by atoms with Crippen LogP contribution in [0.3, 0.4) is 0 Å². The first kappa shape index (κ1) is 27.4. The molecule has 1 unspecified atom stereocenters. The predicted molar refractivity (Wildman–Crippen MR) is 203 cm³/mol. The van der Waals surface area contributed by atoms with Crippen LogP contribution in [-0.4, -0.2) is 14.5 Å². The number of rotatable bonds is 2. The summed E-state index contributed by atoms with van der Waals surface area (Å²) in [6, 6.07) is 52.0. The monoisotopic (exact) mass is 636 g/mol. The van der Waals surface area contributed by atoms with Crippen LogP contribution in [0.2, 0.25) is 0 Å². The molecule has 0 amide bonds. The summed E-state index contributed by atoms with van der Waals surface area (Å²) in [4.78, 5) is 10.7. The van der Waals surface area contributed by atoms with Gasteiger partial charge in [-0.3, -0.25) is 4.57 Å². The molecule has 4 heteroatoms. The Kier molecular flexibility index (Phi) is 5.60. The van der Waals surface area contributed by atoms with Gasteiger partial charge >= 0.3 is 0 Å². The van der Waals surface area contributed by atoms with E-state index in [4.69, 9.17) is 9.97 Å². The number of nitrogens with zero attached hydrogens (tertiary/aromatic N) is 4. The van der Waals surface area contributed by atoms with Gasteiger partial charge in [-0.15, -0.1) is 0 Å². The molecule has 0 radical (unpaired) electrons. The molecule has 0 N–H and O–H groups in total. The fourth-order valence-corrected chi connectivity index (χ4v) is 8.94. The van der Waals surface area contributed by atoms with Gasteiger partial charge in [0, 0.05) is 33.2 Å². The Morgan fingerprint density at radius 2 is 1.42 bits per heavy atom. The zero-order valence-electron chi connectivity index (χ0n) is 27.1. The molecule has 2 aromatic heterocycles. The van der Waals surface area contributed by atoms with Gasteiger partial charge in [-0.2, -0.15) is 5.26 Å². The maximum Gasteiger partial charge on any atom is 0.235 e. The summed E-state index contributed by atoms with van der Waals surface area (Å²) in [5.41, 5.74) is 14.9. The van der Waals surface area contributed by atoms with E-state index in [1.165, 1.54) is 60.5 Å². The number of nitriles is 1. The lowest BCUT2D eigenvalue weighted by molar-refractivity contribution is 0.736. The van der Waals surface area contributed by atoms with Gasteiger partial charge < -0.3 is 0 Å². The van der Waals surface area contributed by atoms with Crippen molar-refractivity contribution in [1.82, 2.24) is 14.5 Å². The van der Waals surface area contributed by atoms with E-state index in [0.717, 1.165) is 46.0 Å². The summed E-state index contributed by atoms with van der Waals surface area (Å²) < 4.78 is 2.32. The van der Waals surface area contributed by atoms with E-state index in [-0.39, 0.29) is 0 Å². The van der Waals surface area contributed by atoms with Crippen molar-refractivity contribution in [2.24, 2.45) is 0 Å². The third-order valence-corrected chi connectivity index (χ3v) is 11.0. The second-order valence-corrected chi connectivity index (χ2v) is 13.5. The summed E-state index contributed by atoms with van der Waals surface area (Å²) >= 11 is 0. The molecule has 50 heavy (non-hydrogen) atoms. The molecular formula is C46H28N4. The molecular weight excluding hydrogens is 609 g/mol. The van der Waals surface area contributed by atoms with Gasteiger partial charge in [-0.05, 0) is 87.3 Å². The zero-order valence-corrected chi connectivity index (χ0v) is 27.1. The highest BCUT2D eigenvalue weighted by Gasteiger charge is 2.35. The lowest BCUT2D eigenvalue weighted by atomic mass is 9.78. The minimum Gasteiger partial charge on any atom is -0.277 e. The van der Waals surface area contributed by atoms with Crippen molar-refractivity contribution < 1.29 is 0 Å². The van der Waals surface area contributed by atoms with E-state index in [1.54, 1.807) is 0 Å². The lowest BCUT2D eigenvalue weighted by Crippen LogP contribution is -2.07. The minimum absolute atomic E-state index is 0.291. The molecule has 11 rings (SSSR count). The van der Waals surface area contributed by atoms with Crippen molar-refractivity contribution >= 4 is 43.5 Å². The highest BCUT2D eigenvalue weighted by Crippen LogP contribution is 2.55. The summed E-state index contributed by atoms with van der Waals surface area (Å²) in [7, 11) is 0. The van der Waals surface area contributed by atoms with Crippen molar-refractivity contribution in [3.8, 4) is 45.5 Å². The molecule has 2 bridgehead atoms. The van der Waals surface area contributed by atoms with Crippen molar-refractivity contribution in [2.75, 3.05) is 0 Å². The molecule has 0 spiro atoms. The summed E-state index contributed by atoms with van der Waals surface area (Å²) in [5, 5.41) is 15.6. The van der Waals surface area contributed by atoms with E-state index >= 15 is 0 Å². The van der Waals surface area contributed by atoms with E-state index in [1.807, 2.05) is 36.4 Å². The van der Waals surface area contributed by atoms with E-state index < -0.39 is 0 Å². The molecule has 0 saturated heterocycles. The normalized spacial score (nSPS) is 14.4. The molecule has 2 heterocycles. The Hall–Kier alpha value is -6.57. The number of para-hydroxylation sites is 2. The molecule has 0 fully saturated rings. The van der Waals surface area contributed by atoms with E-state index in [2.05, 4.69) is 114 Å². The number of hydrogen-bond acceptors (Lipinski definition) is 3. The quantitative estimate of drug-likeness (QED) is 0.190. The maximum absolute atomic E-state index is 9.77. The second kappa shape index (κ2) is 10.2. The molecule has 9 aromatic rings. The Labute approximate surface area is 288 Å². The number of aromatic nitrogens is 3. The van der Waals surface area contributed by atoms with Gasteiger partial charge in [0.05, 0.1) is 33.9 Å². The Morgan fingerprint density at radius 3 is 2.34 bits per heavy atom.